The molecule has 0 bridgehead atoms. The van der Waals surface area contributed by atoms with Gasteiger partial charge in [-0.15, -0.1) is 0 Å². The summed E-state index contributed by atoms with van der Waals surface area (Å²) in [4.78, 5) is 4.46. The highest BCUT2D eigenvalue weighted by Crippen LogP contribution is 2.18. The first kappa shape index (κ1) is 15.9. The Bertz CT molecular complexity index is 606. The number of aryl methyl sites for hydroxylation is 2. The molecular weight excluding hydrogens is 264 g/mol. The van der Waals surface area contributed by atoms with E-state index in [1.807, 2.05) is 23.7 Å². The van der Waals surface area contributed by atoms with Crippen molar-refractivity contribution in [1.82, 2.24) is 19.9 Å². The molecule has 0 fully saturated rings. The lowest BCUT2D eigenvalue weighted by Gasteiger charge is -2.20. The summed E-state index contributed by atoms with van der Waals surface area (Å²) < 4.78 is 1.88. The van der Waals surface area contributed by atoms with E-state index in [-0.39, 0.29) is 12.1 Å². The van der Waals surface area contributed by atoms with E-state index < -0.39 is 0 Å². The Morgan fingerprint density at radius 3 is 2.67 bits per heavy atom. The molecule has 0 saturated carbocycles. The molecule has 0 radical (unpaired) electrons. The van der Waals surface area contributed by atoms with E-state index in [0.29, 0.717) is 12.5 Å². The van der Waals surface area contributed by atoms with Gasteiger partial charge in [0.2, 0.25) is 0 Å². The zero-order chi connectivity index (χ0) is 15.6. The van der Waals surface area contributed by atoms with Crippen molar-refractivity contribution < 1.29 is 5.11 Å². The minimum atomic E-state index is -0.309. The monoisotopic (exact) mass is 290 g/mol. The highest BCUT2D eigenvalue weighted by Gasteiger charge is 2.14. The van der Waals surface area contributed by atoms with E-state index in [9.17, 15) is 5.11 Å². The largest absolute Gasteiger partial charge is 0.392 e. The van der Waals surface area contributed by atoms with Crippen molar-refractivity contribution in [2.45, 2.75) is 53.2 Å². The standard InChI is InChI=1S/C16H26N4O/c1-10(2)6-14(21)8-17-12(4)15-9-18-16-7-11(3)19-20(16)13(15)5/h7,9-10,12,14,17,21H,6,8H2,1-5H3. The molecule has 2 N–H and O–H groups in total. The molecule has 5 heteroatoms. The van der Waals surface area contributed by atoms with Gasteiger partial charge in [-0.2, -0.15) is 5.10 Å². The number of fused-ring (bicyclic) bond motifs is 1. The number of rotatable bonds is 6. The lowest BCUT2D eigenvalue weighted by atomic mass is 10.0. The van der Waals surface area contributed by atoms with E-state index in [4.69, 9.17) is 0 Å². The summed E-state index contributed by atoms with van der Waals surface area (Å²) in [6, 6.07) is 2.11. The molecule has 0 spiro atoms. The van der Waals surface area contributed by atoms with Crippen LogP contribution in [-0.4, -0.2) is 32.4 Å². The normalized spacial score (nSPS) is 14.8. The first-order valence-corrected chi connectivity index (χ1v) is 7.61. The number of aliphatic hydroxyl groups excluding tert-OH is 1. The van der Waals surface area contributed by atoms with Crippen molar-refractivity contribution in [3.05, 3.63) is 29.2 Å². The third-order valence-corrected chi connectivity index (χ3v) is 3.75. The van der Waals surface area contributed by atoms with E-state index >= 15 is 0 Å². The van der Waals surface area contributed by atoms with Gasteiger partial charge in [-0.3, -0.25) is 0 Å². The van der Waals surface area contributed by atoms with E-state index in [2.05, 4.69) is 43.1 Å². The maximum absolute atomic E-state index is 9.96. The molecule has 2 heterocycles. The van der Waals surface area contributed by atoms with Crippen molar-refractivity contribution in [1.29, 1.82) is 0 Å². The number of nitrogens with one attached hydrogen (secondary N) is 1. The summed E-state index contributed by atoms with van der Waals surface area (Å²) in [5, 5.41) is 17.8. The van der Waals surface area contributed by atoms with Crippen LogP contribution in [0.1, 0.15) is 50.2 Å². The Labute approximate surface area is 126 Å². The van der Waals surface area contributed by atoms with Crippen LogP contribution in [0.4, 0.5) is 0 Å². The van der Waals surface area contributed by atoms with Crippen molar-refractivity contribution in [2.24, 2.45) is 5.92 Å². The minimum Gasteiger partial charge on any atom is -0.392 e. The lowest BCUT2D eigenvalue weighted by molar-refractivity contribution is 0.143. The predicted molar refractivity (Wildman–Crippen MR) is 84.3 cm³/mol. The van der Waals surface area contributed by atoms with Crippen LogP contribution >= 0.6 is 0 Å². The lowest BCUT2D eigenvalue weighted by Crippen LogP contribution is -2.30. The summed E-state index contributed by atoms with van der Waals surface area (Å²) in [5.41, 5.74) is 4.05. The Balaban J connectivity index is 2.08. The molecule has 5 nitrogen and oxygen atoms in total. The number of hydrogen-bond acceptors (Lipinski definition) is 4. The third-order valence-electron chi connectivity index (χ3n) is 3.75. The van der Waals surface area contributed by atoms with Crippen molar-refractivity contribution in [3.63, 3.8) is 0 Å². The molecule has 21 heavy (non-hydrogen) atoms. The van der Waals surface area contributed by atoms with Gasteiger partial charge in [0.05, 0.1) is 11.8 Å². The zero-order valence-corrected chi connectivity index (χ0v) is 13.6. The van der Waals surface area contributed by atoms with Gasteiger partial charge < -0.3 is 10.4 Å². The van der Waals surface area contributed by atoms with Crippen LogP contribution in [0.2, 0.25) is 0 Å². The fraction of sp³-hybridized carbons (Fsp3) is 0.625. The zero-order valence-electron chi connectivity index (χ0n) is 13.6. The van der Waals surface area contributed by atoms with Gasteiger partial charge in [-0.1, -0.05) is 13.8 Å². The molecule has 2 aromatic heterocycles. The van der Waals surface area contributed by atoms with Crippen molar-refractivity contribution >= 4 is 5.65 Å². The number of aliphatic hydroxyl groups is 1. The fourth-order valence-corrected chi connectivity index (χ4v) is 2.65. The van der Waals surface area contributed by atoms with Crippen LogP contribution in [0.5, 0.6) is 0 Å². The predicted octanol–water partition coefficient (Wildman–Crippen LogP) is 2.40. The molecule has 0 aliphatic rings. The molecule has 0 aromatic carbocycles. The molecule has 2 rings (SSSR count). The summed E-state index contributed by atoms with van der Waals surface area (Å²) in [5.74, 6) is 0.504. The van der Waals surface area contributed by atoms with Crippen LogP contribution in [0, 0.1) is 19.8 Å². The van der Waals surface area contributed by atoms with Gasteiger partial charge in [-0.25, -0.2) is 9.50 Å². The Hall–Kier alpha value is -1.46. The summed E-state index contributed by atoms with van der Waals surface area (Å²) in [6.45, 7) is 10.9. The summed E-state index contributed by atoms with van der Waals surface area (Å²) in [6.07, 6.45) is 2.41. The molecule has 0 amide bonds. The Morgan fingerprint density at radius 1 is 1.29 bits per heavy atom. The van der Waals surface area contributed by atoms with E-state index in [1.165, 1.54) is 0 Å². The second-order valence-electron chi connectivity index (χ2n) is 6.27. The molecule has 2 atom stereocenters. The molecular formula is C16H26N4O. The van der Waals surface area contributed by atoms with Crippen molar-refractivity contribution in [2.75, 3.05) is 6.54 Å². The SMILES string of the molecule is Cc1cc2ncc(C(C)NCC(O)CC(C)C)c(C)n2n1. The highest BCUT2D eigenvalue weighted by atomic mass is 16.3. The summed E-state index contributed by atoms with van der Waals surface area (Å²) in [7, 11) is 0. The molecule has 2 unspecified atom stereocenters. The van der Waals surface area contributed by atoms with E-state index in [0.717, 1.165) is 29.0 Å². The van der Waals surface area contributed by atoms with E-state index in [1.54, 1.807) is 0 Å². The number of aromatic nitrogens is 3. The second kappa shape index (κ2) is 6.54. The van der Waals surface area contributed by atoms with Gasteiger partial charge in [0.15, 0.2) is 5.65 Å². The molecule has 116 valence electrons. The maximum atomic E-state index is 9.96. The molecule has 0 saturated heterocycles. The smallest absolute Gasteiger partial charge is 0.155 e. The van der Waals surface area contributed by atoms with Crippen LogP contribution in [-0.2, 0) is 0 Å². The molecule has 0 aliphatic carbocycles. The quantitative estimate of drug-likeness (QED) is 0.857. The Kier molecular flexibility index (Phi) is 4.96. The van der Waals surface area contributed by atoms with Crippen LogP contribution < -0.4 is 5.32 Å². The van der Waals surface area contributed by atoms with Crippen LogP contribution in [0.25, 0.3) is 5.65 Å². The minimum absolute atomic E-state index is 0.133. The highest BCUT2D eigenvalue weighted by molar-refractivity contribution is 5.42. The molecule has 2 aromatic rings. The Morgan fingerprint density at radius 2 is 2.00 bits per heavy atom. The summed E-state index contributed by atoms with van der Waals surface area (Å²) >= 11 is 0. The average Bonchev–Trinajstić information content (AvgIpc) is 2.77. The van der Waals surface area contributed by atoms with Gasteiger partial charge in [-0.05, 0) is 33.1 Å². The van der Waals surface area contributed by atoms with Gasteiger partial charge >= 0.3 is 0 Å². The molecule has 0 aliphatic heterocycles. The van der Waals surface area contributed by atoms with Crippen LogP contribution in [0.15, 0.2) is 12.3 Å². The maximum Gasteiger partial charge on any atom is 0.155 e. The topological polar surface area (TPSA) is 62.5 Å². The number of nitrogens with zero attached hydrogens (tertiary/aromatic N) is 3. The number of hydrogen-bond donors (Lipinski definition) is 2. The average molecular weight is 290 g/mol. The van der Waals surface area contributed by atoms with Gasteiger partial charge in [0, 0.05) is 36.1 Å². The third kappa shape index (κ3) is 3.80. The fourth-order valence-electron chi connectivity index (χ4n) is 2.65. The second-order valence-corrected chi connectivity index (χ2v) is 6.27. The van der Waals surface area contributed by atoms with Gasteiger partial charge in [0.1, 0.15) is 0 Å². The first-order valence-electron chi connectivity index (χ1n) is 7.61. The van der Waals surface area contributed by atoms with Crippen molar-refractivity contribution in [3.8, 4) is 0 Å². The van der Waals surface area contributed by atoms with Gasteiger partial charge in [0.25, 0.3) is 0 Å². The first-order chi connectivity index (χ1) is 9.88. The van der Waals surface area contributed by atoms with Crippen LogP contribution in [0.3, 0.4) is 0 Å².